The van der Waals surface area contributed by atoms with Crippen molar-refractivity contribution in [1.82, 2.24) is 0 Å². The summed E-state index contributed by atoms with van der Waals surface area (Å²) in [5.41, 5.74) is 1.28. The van der Waals surface area contributed by atoms with Gasteiger partial charge in [0.1, 0.15) is 18.2 Å². The second-order valence-electron chi connectivity index (χ2n) is 6.63. The molecule has 0 aliphatic heterocycles. The number of benzene rings is 3. The molecule has 1 amide bonds. The summed E-state index contributed by atoms with van der Waals surface area (Å²) >= 11 is 24.3. The molecule has 3 aromatic carbocycles. The molecule has 0 unspecified atom stereocenters. The fraction of sp³-hybridized carbons (Fsp3) is 0.0833. The van der Waals surface area contributed by atoms with Gasteiger partial charge in [0.25, 0.3) is 5.91 Å². The van der Waals surface area contributed by atoms with Crippen LogP contribution < -0.4 is 14.8 Å². The van der Waals surface area contributed by atoms with Crippen LogP contribution in [0.2, 0.25) is 20.1 Å². The number of nitrogens with one attached hydrogen (secondary N) is 1. The summed E-state index contributed by atoms with van der Waals surface area (Å²) < 4.78 is 11.4. The normalized spacial score (nSPS) is 11.0. The Morgan fingerprint density at radius 1 is 1.06 bits per heavy atom. The summed E-state index contributed by atoms with van der Waals surface area (Å²) in [5, 5.41) is 13.6. The van der Waals surface area contributed by atoms with Gasteiger partial charge < -0.3 is 14.8 Å². The van der Waals surface area contributed by atoms with E-state index in [1.165, 1.54) is 13.2 Å². The molecule has 0 aliphatic rings. The van der Waals surface area contributed by atoms with E-state index < -0.39 is 5.91 Å². The number of hydrogen-bond acceptors (Lipinski definition) is 4. The highest BCUT2D eigenvalue weighted by atomic mass is 35.5. The number of amides is 1. The second-order valence-corrected chi connectivity index (χ2v) is 8.26. The van der Waals surface area contributed by atoms with E-state index in [2.05, 4.69) is 5.32 Å². The third kappa shape index (κ3) is 6.13. The predicted octanol–water partition coefficient (Wildman–Crippen LogP) is 7.43. The first kappa shape index (κ1) is 24.8. The van der Waals surface area contributed by atoms with Crippen molar-refractivity contribution in [3.8, 4) is 17.6 Å². The van der Waals surface area contributed by atoms with Crippen molar-refractivity contribution in [3.05, 3.63) is 91.4 Å². The van der Waals surface area contributed by atoms with Crippen LogP contribution in [0.5, 0.6) is 11.5 Å². The molecule has 0 saturated heterocycles. The molecule has 1 N–H and O–H groups in total. The molecule has 168 valence electrons. The van der Waals surface area contributed by atoms with Crippen molar-refractivity contribution in [2.45, 2.75) is 6.61 Å². The molecule has 5 nitrogen and oxygen atoms in total. The lowest BCUT2D eigenvalue weighted by atomic mass is 10.1. The van der Waals surface area contributed by atoms with Gasteiger partial charge >= 0.3 is 0 Å². The van der Waals surface area contributed by atoms with Crippen LogP contribution in [0, 0.1) is 11.3 Å². The maximum absolute atomic E-state index is 12.7. The standard InChI is InChI=1S/C24H16Cl4N2O3/c1-32-21-7-2-4-14(23(21)33-13-15-8-9-17(25)11-19(15)27)10-16(12-29)24(31)30-20-6-3-5-18(26)22(20)28/h2-11H,13H2,1H3,(H,30,31)/b16-10+. The Bertz CT molecular complexity index is 1270. The van der Waals surface area contributed by atoms with E-state index in [0.717, 1.165) is 0 Å². The predicted molar refractivity (Wildman–Crippen MR) is 132 cm³/mol. The van der Waals surface area contributed by atoms with Crippen LogP contribution in [-0.2, 0) is 11.4 Å². The molecule has 3 rings (SSSR count). The zero-order valence-corrected chi connectivity index (χ0v) is 20.2. The van der Waals surface area contributed by atoms with Crippen LogP contribution in [0.4, 0.5) is 5.69 Å². The summed E-state index contributed by atoms with van der Waals surface area (Å²) in [6, 6.07) is 16.9. The summed E-state index contributed by atoms with van der Waals surface area (Å²) in [7, 11) is 1.49. The number of halogens is 4. The first-order valence-electron chi connectivity index (χ1n) is 9.45. The van der Waals surface area contributed by atoms with E-state index in [4.69, 9.17) is 55.9 Å². The van der Waals surface area contributed by atoms with Crippen molar-refractivity contribution in [2.24, 2.45) is 0 Å². The summed E-state index contributed by atoms with van der Waals surface area (Å²) in [4.78, 5) is 12.7. The Morgan fingerprint density at radius 2 is 1.82 bits per heavy atom. The summed E-state index contributed by atoms with van der Waals surface area (Å²) in [6.45, 7) is 0.115. The van der Waals surface area contributed by atoms with Gasteiger partial charge in [-0.15, -0.1) is 0 Å². The molecule has 0 spiro atoms. The molecule has 0 bridgehead atoms. The lowest BCUT2D eigenvalue weighted by Gasteiger charge is -2.14. The highest BCUT2D eigenvalue weighted by Gasteiger charge is 2.16. The van der Waals surface area contributed by atoms with Crippen molar-refractivity contribution in [1.29, 1.82) is 5.26 Å². The maximum Gasteiger partial charge on any atom is 0.266 e. The maximum atomic E-state index is 12.7. The minimum Gasteiger partial charge on any atom is -0.493 e. The number of nitriles is 1. The van der Waals surface area contributed by atoms with Crippen molar-refractivity contribution in [2.75, 3.05) is 12.4 Å². The molecule has 0 aromatic heterocycles. The summed E-state index contributed by atoms with van der Waals surface area (Å²) in [6.07, 6.45) is 1.40. The van der Waals surface area contributed by atoms with E-state index in [-0.39, 0.29) is 27.9 Å². The van der Waals surface area contributed by atoms with Gasteiger partial charge in [0.05, 0.1) is 22.8 Å². The van der Waals surface area contributed by atoms with E-state index >= 15 is 0 Å². The van der Waals surface area contributed by atoms with Gasteiger partial charge in [-0.05, 0) is 36.4 Å². The Labute approximate surface area is 211 Å². The molecule has 3 aromatic rings. The topological polar surface area (TPSA) is 71.3 Å². The molecule has 33 heavy (non-hydrogen) atoms. The highest BCUT2D eigenvalue weighted by molar-refractivity contribution is 6.44. The number of para-hydroxylation sites is 1. The third-order valence-electron chi connectivity index (χ3n) is 4.48. The molecule has 0 radical (unpaired) electrons. The molecule has 9 heteroatoms. The van der Waals surface area contributed by atoms with Gasteiger partial charge in [0, 0.05) is 21.2 Å². The third-order valence-corrected chi connectivity index (χ3v) is 5.89. The zero-order valence-electron chi connectivity index (χ0n) is 17.2. The first-order chi connectivity index (χ1) is 15.8. The van der Waals surface area contributed by atoms with E-state index in [9.17, 15) is 10.1 Å². The van der Waals surface area contributed by atoms with Gasteiger partial charge in [-0.1, -0.05) is 70.7 Å². The molecular formula is C24H16Cl4N2O3. The molecule has 0 atom stereocenters. The minimum atomic E-state index is -0.656. The Balaban J connectivity index is 1.91. The van der Waals surface area contributed by atoms with Crippen molar-refractivity contribution >= 4 is 64.1 Å². The number of methoxy groups -OCH3 is 1. The Hall–Kier alpha value is -2.88. The quantitative estimate of drug-likeness (QED) is 0.259. The second kappa shape index (κ2) is 11.3. The number of rotatable bonds is 7. The van der Waals surface area contributed by atoms with Gasteiger partial charge in [-0.3, -0.25) is 4.79 Å². The molecule has 0 heterocycles. The van der Waals surface area contributed by atoms with Gasteiger partial charge in [-0.25, -0.2) is 0 Å². The molecular weight excluding hydrogens is 506 g/mol. The largest absolute Gasteiger partial charge is 0.493 e. The number of hydrogen-bond donors (Lipinski definition) is 1. The fourth-order valence-corrected chi connectivity index (χ4v) is 3.66. The molecule has 0 saturated carbocycles. The SMILES string of the molecule is COc1cccc(/C=C(\C#N)C(=O)Nc2cccc(Cl)c2Cl)c1OCc1ccc(Cl)cc1Cl. The zero-order chi connectivity index (χ0) is 24.0. The van der Waals surface area contributed by atoms with Gasteiger partial charge in [0.15, 0.2) is 11.5 Å². The number of ether oxygens (including phenoxy) is 2. The van der Waals surface area contributed by atoms with Crippen LogP contribution in [0.1, 0.15) is 11.1 Å². The van der Waals surface area contributed by atoms with Crippen LogP contribution in [0.15, 0.2) is 60.2 Å². The fourth-order valence-electron chi connectivity index (χ4n) is 2.84. The molecule has 0 fully saturated rings. The van der Waals surface area contributed by atoms with Crippen LogP contribution in [-0.4, -0.2) is 13.0 Å². The van der Waals surface area contributed by atoms with Crippen LogP contribution >= 0.6 is 46.4 Å². The Morgan fingerprint density at radius 3 is 2.52 bits per heavy atom. The van der Waals surface area contributed by atoms with Crippen molar-refractivity contribution < 1.29 is 14.3 Å². The smallest absolute Gasteiger partial charge is 0.266 e. The van der Waals surface area contributed by atoms with E-state index in [0.29, 0.717) is 32.7 Å². The van der Waals surface area contributed by atoms with E-state index in [1.54, 1.807) is 54.6 Å². The van der Waals surface area contributed by atoms with Crippen LogP contribution in [0.25, 0.3) is 6.08 Å². The first-order valence-corrected chi connectivity index (χ1v) is 11.0. The monoisotopic (exact) mass is 520 g/mol. The van der Waals surface area contributed by atoms with Crippen LogP contribution in [0.3, 0.4) is 0 Å². The van der Waals surface area contributed by atoms with E-state index in [1.807, 2.05) is 6.07 Å². The van der Waals surface area contributed by atoms with Gasteiger partial charge in [0.2, 0.25) is 0 Å². The lowest BCUT2D eigenvalue weighted by Crippen LogP contribution is -2.14. The van der Waals surface area contributed by atoms with Crippen molar-refractivity contribution in [3.63, 3.8) is 0 Å². The number of nitrogens with zero attached hydrogens (tertiary/aromatic N) is 1. The Kier molecular flexibility index (Phi) is 8.49. The average Bonchev–Trinajstić information content (AvgIpc) is 2.80. The lowest BCUT2D eigenvalue weighted by molar-refractivity contribution is -0.112. The number of carbonyl (C=O) groups excluding carboxylic acids is 1. The number of anilines is 1. The minimum absolute atomic E-state index is 0.115. The van der Waals surface area contributed by atoms with Gasteiger partial charge in [-0.2, -0.15) is 5.26 Å². The summed E-state index contributed by atoms with van der Waals surface area (Å²) in [5.74, 6) is 0.105. The molecule has 0 aliphatic carbocycles. The number of carbonyl (C=O) groups is 1. The highest BCUT2D eigenvalue weighted by Crippen LogP contribution is 2.35. The average molecular weight is 522 g/mol.